The van der Waals surface area contributed by atoms with E-state index in [1.807, 2.05) is 6.92 Å². The van der Waals surface area contributed by atoms with Crippen LogP contribution in [0.3, 0.4) is 0 Å². The summed E-state index contributed by atoms with van der Waals surface area (Å²) in [6.07, 6.45) is 1.35. The van der Waals surface area contributed by atoms with E-state index < -0.39 is 11.6 Å². The topological polar surface area (TPSA) is 55.6 Å². The third kappa shape index (κ3) is 3.80. The number of tetrazole rings is 1. The highest BCUT2D eigenvalue weighted by Gasteiger charge is 2.16. The number of nitrogens with zero attached hydrogens (tertiary/aromatic N) is 4. The molecule has 0 aliphatic heterocycles. The Bertz CT molecular complexity index is 549. The first-order valence-electron chi connectivity index (χ1n) is 6.50. The van der Waals surface area contributed by atoms with Crippen LogP contribution in [0.2, 0.25) is 0 Å². The molecule has 1 unspecified atom stereocenters. The Morgan fingerprint density at radius 1 is 1.25 bits per heavy atom. The minimum absolute atomic E-state index is 0.246. The van der Waals surface area contributed by atoms with Gasteiger partial charge in [0.15, 0.2) is 5.82 Å². The van der Waals surface area contributed by atoms with Crippen molar-refractivity contribution in [2.45, 2.75) is 25.8 Å². The van der Waals surface area contributed by atoms with Crippen LogP contribution in [0.15, 0.2) is 18.2 Å². The van der Waals surface area contributed by atoms with Crippen LogP contribution in [0.1, 0.15) is 30.8 Å². The van der Waals surface area contributed by atoms with E-state index >= 15 is 0 Å². The van der Waals surface area contributed by atoms with Crippen molar-refractivity contribution < 1.29 is 8.78 Å². The highest BCUT2D eigenvalue weighted by molar-refractivity contribution is 5.22. The van der Waals surface area contributed by atoms with Crippen molar-refractivity contribution in [3.8, 4) is 0 Å². The summed E-state index contributed by atoms with van der Waals surface area (Å²) in [6, 6.07) is 3.27. The summed E-state index contributed by atoms with van der Waals surface area (Å²) < 4.78 is 26.7. The molecule has 108 valence electrons. The molecule has 0 bridgehead atoms. The van der Waals surface area contributed by atoms with Gasteiger partial charge < -0.3 is 5.32 Å². The molecule has 2 rings (SSSR count). The first-order valence-corrected chi connectivity index (χ1v) is 6.50. The smallest absolute Gasteiger partial charge is 0.176 e. The predicted molar refractivity (Wildman–Crippen MR) is 69.9 cm³/mol. The van der Waals surface area contributed by atoms with E-state index in [9.17, 15) is 8.78 Å². The second-order valence-corrected chi connectivity index (χ2v) is 4.61. The molecule has 0 fully saturated rings. The zero-order valence-electron chi connectivity index (χ0n) is 11.5. The molecular formula is C13H17F2N5. The summed E-state index contributed by atoms with van der Waals surface area (Å²) in [5.74, 6) is -0.642. The van der Waals surface area contributed by atoms with Gasteiger partial charge in [-0.25, -0.2) is 8.78 Å². The zero-order valence-corrected chi connectivity index (χ0v) is 11.5. The fraction of sp³-hybridized carbons (Fsp3) is 0.462. The van der Waals surface area contributed by atoms with E-state index in [4.69, 9.17) is 0 Å². The van der Waals surface area contributed by atoms with Gasteiger partial charge >= 0.3 is 0 Å². The lowest BCUT2D eigenvalue weighted by Gasteiger charge is -2.17. The van der Waals surface area contributed by atoms with Gasteiger partial charge in [-0.3, -0.25) is 0 Å². The van der Waals surface area contributed by atoms with Crippen LogP contribution in [-0.2, 0) is 13.5 Å². The van der Waals surface area contributed by atoms with Crippen molar-refractivity contribution in [3.63, 3.8) is 0 Å². The average Bonchev–Trinajstić information content (AvgIpc) is 2.79. The molecule has 1 N–H and O–H groups in total. The molecular weight excluding hydrogens is 264 g/mol. The van der Waals surface area contributed by atoms with Gasteiger partial charge in [0, 0.05) is 18.5 Å². The fourth-order valence-corrected chi connectivity index (χ4v) is 1.99. The lowest BCUT2D eigenvalue weighted by atomic mass is 10.0. The van der Waals surface area contributed by atoms with Crippen LogP contribution in [0.25, 0.3) is 0 Å². The first-order chi connectivity index (χ1) is 9.58. The number of nitrogens with one attached hydrogen (secondary N) is 1. The van der Waals surface area contributed by atoms with Crippen molar-refractivity contribution in [2.75, 3.05) is 6.54 Å². The van der Waals surface area contributed by atoms with Crippen molar-refractivity contribution in [1.29, 1.82) is 0 Å². The zero-order chi connectivity index (χ0) is 14.5. The maximum atomic E-state index is 13.3. The molecule has 5 nitrogen and oxygen atoms in total. The van der Waals surface area contributed by atoms with E-state index in [-0.39, 0.29) is 6.04 Å². The summed E-state index contributed by atoms with van der Waals surface area (Å²) in [5, 5.41) is 15.0. The molecule has 2 aromatic rings. The Balaban J connectivity index is 2.21. The molecule has 0 aliphatic rings. The molecule has 0 amide bonds. The summed E-state index contributed by atoms with van der Waals surface area (Å²) >= 11 is 0. The number of hydrogen-bond donors (Lipinski definition) is 1. The molecule has 20 heavy (non-hydrogen) atoms. The third-order valence-corrected chi connectivity index (χ3v) is 2.86. The standard InChI is InChI=1S/C13H17F2N5/c1-3-4-16-12(8-13-17-19-20(2)18-13)9-5-10(14)7-11(15)6-9/h5-7,12,16H,3-4,8H2,1-2H3. The van der Waals surface area contributed by atoms with Gasteiger partial charge in [0.1, 0.15) is 11.6 Å². The van der Waals surface area contributed by atoms with Gasteiger partial charge in [-0.2, -0.15) is 4.80 Å². The van der Waals surface area contributed by atoms with Gasteiger partial charge in [-0.1, -0.05) is 6.92 Å². The van der Waals surface area contributed by atoms with Gasteiger partial charge in [0.2, 0.25) is 0 Å². The number of rotatable bonds is 6. The van der Waals surface area contributed by atoms with Crippen molar-refractivity contribution >= 4 is 0 Å². The summed E-state index contributed by atoms with van der Waals surface area (Å²) in [5.41, 5.74) is 0.545. The number of benzene rings is 1. The van der Waals surface area contributed by atoms with Crippen LogP contribution < -0.4 is 5.32 Å². The largest absolute Gasteiger partial charge is 0.310 e. The minimum Gasteiger partial charge on any atom is -0.310 e. The molecule has 7 heteroatoms. The Morgan fingerprint density at radius 3 is 2.50 bits per heavy atom. The summed E-state index contributed by atoms with van der Waals surface area (Å²) in [4.78, 5) is 1.36. The van der Waals surface area contributed by atoms with Crippen LogP contribution in [-0.4, -0.2) is 26.8 Å². The van der Waals surface area contributed by atoms with Crippen LogP contribution in [0, 0.1) is 11.6 Å². The first kappa shape index (κ1) is 14.5. The molecule has 1 heterocycles. The normalized spacial score (nSPS) is 12.6. The molecule has 0 aliphatic carbocycles. The van der Waals surface area contributed by atoms with Crippen LogP contribution in [0.5, 0.6) is 0 Å². The van der Waals surface area contributed by atoms with Crippen LogP contribution >= 0.6 is 0 Å². The Labute approximate surface area is 116 Å². The van der Waals surface area contributed by atoms with E-state index in [0.717, 1.165) is 19.0 Å². The van der Waals surface area contributed by atoms with E-state index in [0.29, 0.717) is 17.8 Å². The molecule has 0 radical (unpaired) electrons. The number of aromatic nitrogens is 4. The molecule has 1 aromatic carbocycles. The highest BCUT2D eigenvalue weighted by Crippen LogP contribution is 2.19. The Hall–Kier alpha value is -1.89. The minimum atomic E-state index is -0.588. The lowest BCUT2D eigenvalue weighted by molar-refractivity contribution is 0.505. The summed E-state index contributed by atoms with van der Waals surface area (Å²) in [7, 11) is 1.67. The molecule has 1 atom stereocenters. The Kier molecular flexibility index (Phi) is 4.73. The predicted octanol–water partition coefficient (Wildman–Crippen LogP) is 1.77. The number of hydrogen-bond acceptors (Lipinski definition) is 4. The maximum absolute atomic E-state index is 13.3. The van der Waals surface area contributed by atoms with Crippen molar-refractivity contribution in [2.24, 2.45) is 7.05 Å². The Morgan fingerprint density at radius 2 is 1.95 bits per heavy atom. The van der Waals surface area contributed by atoms with Crippen molar-refractivity contribution in [1.82, 2.24) is 25.5 Å². The molecule has 1 aromatic heterocycles. The van der Waals surface area contributed by atoms with E-state index in [1.54, 1.807) is 7.05 Å². The van der Waals surface area contributed by atoms with Crippen molar-refractivity contribution in [3.05, 3.63) is 41.2 Å². The van der Waals surface area contributed by atoms with E-state index in [1.165, 1.54) is 16.9 Å². The summed E-state index contributed by atoms with van der Waals surface area (Å²) in [6.45, 7) is 2.76. The second-order valence-electron chi connectivity index (χ2n) is 4.61. The quantitative estimate of drug-likeness (QED) is 0.877. The molecule has 0 saturated heterocycles. The van der Waals surface area contributed by atoms with E-state index in [2.05, 4.69) is 20.7 Å². The average molecular weight is 281 g/mol. The van der Waals surface area contributed by atoms with Gasteiger partial charge in [-0.05, 0) is 35.9 Å². The highest BCUT2D eigenvalue weighted by atomic mass is 19.1. The van der Waals surface area contributed by atoms with Gasteiger partial charge in [0.25, 0.3) is 0 Å². The number of aryl methyl sites for hydroxylation is 1. The maximum Gasteiger partial charge on any atom is 0.176 e. The fourth-order valence-electron chi connectivity index (χ4n) is 1.99. The SMILES string of the molecule is CCCNC(Cc1nnn(C)n1)c1cc(F)cc(F)c1. The number of halogens is 2. The third-order valence-electron chi connectivity index (χ3n) is 2.86. The molecule has 0 spiro atoms. The monoisotopic (exact) mass is 281 g/mol. The van der Waals surface area contributed by atoms with Gasteiger partial charge in [0.05, 0.1) is 7.05 Å². The van der Waals surface area contributed by atoms with Gasteiger partial charge in [-0.15, -0.1) is 10.2 Å². The lowest BCUT2D eigenvalue weighted by Crippen LogP contribution is -2.25. The second kappa shape index (κ2) is 6.51. The van der Waals surface area contributed by atoms with Crippen LogP contribution in [0.4, 0.5) is 8.78 Å². The molecule has 0 saturated carbocycles.